The average molecular weight is 281 g/mol. The maximum Gasteiger partial charge on any atom is 0.251 e. The Balaban J connectivity index is 3.02. The van der Waals surface area contributed by atoms with Crippen molar-refractivity contribution >= 4 is 17.5 Å². The highest BCUT2D eigenvalue weighted by molar-refractivity contribution is 5.98. The third-order valence-corrected chi connectivity index (χ3v) is 3.72. The van der Waals surface area contributed by atoms with E-state index < -0.39 is 17.1 Å². The first-order chi connectivity index (χ1) is 9.40. The number of carbonyl (C=O) groups excluding carboxylic acids is 2. The minimum atomic E-state index is -0.880. The van der Waals surface area contributed by atoms with Crippen LogP contribution in [-0.2, 0) is 4.79 Å². The van der Waals surface area contributed by atoms with Gasteiger partial charge in [0.2, 0.25) is 5.91 Å². The van der Waals surface area contributed by atoms with E-state index in [0.29, 0.717) is 18.5 Å². The summed E-state index contributed by atoms with van der Waals surface area (Å²) >= 11 is 0. The monoisotopic (exact) mass is 281 g/mol. The molecule has 0 radical (unpaired) electrons. The molecule has 6 heteroatoms. The molecule has 20 heavy (non-hydrogen) atoms. The second kappa shape index (κ2) is 6.47. The van der Waals surface area contributed by atoms with E-state index in [9.17, 15) is 14.0 Å². The lowest BCUT2D eigenvalue weighted by atomic mass is 9.81. The maximum absolute atomic E-state index is 13.4. The van der Waals surface area contributed by atoms with Gasteiger partial charge in [-0.05, 0) is 31.0 Å². The fraction of sp³-hybridized carbons (Fsp3) is 0.429. The predicted molar refractivity (Wildman–Crippen MR) is 75.6 cm³/mol. The SMILES string of the molecule is CCC(CC)(CN)C(=O)Nc1ccc(F)c(C(N)=O)c1. The number of amides is 2. The molecule has 0 unspecified atom stereocenters. The van der Waals surface area contributed by atoms with E-state index in [1.807, 2.05) is 13.8 Å². The summed E-state index contributed by atoms with van der Waals surface area (Å²) in [5.74, 6) is -1.84. The smallest absolute Gasteiger partial charge is 0.251 e. The highest BCUT2D eigenvalue weighted by Crippen LogP contribution is 2.27. The number of halogens is 1. The van der Waals surface area contributed by atoms with Crippen molar-refractivity contribution in [3.63, 3.8) is 0 Å². The third-order valence-electron chi connectivity index (χ3n) is 3.72. The Kier molecular flexibility index (Phi) is 5.21. The fourth-order valence-corrected chi connectivity index (χ4v) is 2.01. The number of anilines is 1. The van der Waals surface area contributed by atoms with Crippen LogP contribution in [0.3, 0.4) is 0 Å². The Morgan fingerprint density at radius 1 is 1.30 bits per heavy atom. The number of benzene rings is 1. The Hall–Kier alpha value is -1.95. The summed E-state index contributed by atoms with van der Waals surface area (Å²) in [6, 6.07) is 3.70. The molecule has 0 saturated heterocycles. The Labute approximate surface area is 117 Å². The molecule has 5 nitrogen and oxygen atoms in total. The Bertz CT molecular complexity index is 505. The molecule has 1 aromatic rings. The molecule has 5 N–H and O–H groups in total. The van der Waals surface area contributed by atoms with Crippen LogP contribution in [0.1, 0.15) is 37.0 Å². The topological polar surface area (TPSA) is 98.2 Å². The van der Waals surface area contributed by atoms with Gasteiger partial charge in [0.1, 0.15) is 5.82 Å². The first kappa shape index (κ1) is 16.1. The Morgan fingerprint density at radius 2 is 1.90 bits per heavy atom. The third kappa shape index (κ3) is 3.14. The number of carbonyl (C=O) groups is 2. The molecule has 110 valence electrons. The largest absolute Gasteiger partial charge is 0.366 e. The van der Waals surface area contributed by atoms with Crippen molar-refractivity contribution in [3.05, 3.63) is 29.6 Å². The van der Waals surface area contributed by atoms with Crippen LogP contribution in [0.2, 0.25) is 0 Å². The lowest BCUT2D eigenvalue weighted by molar-refractivity contribution is -0.125. The summed E-state index contributed by atoms with van der Waals surface area (Å²) in [6.45, 7) is 3.99. The number of nitrogens with two attached hydrogens (primary N) is 2. The summed E-state index contributed by atoms with van der Waals surface area (Å²) < 4.78 is 13.4. The summed E-state index contributed by atoms with van der Waals surface area (Å²) in [5, 5.41) is 2.66. The van der Waals surface area contributed by atoms with Crippen molar-refractivity contribution < 1.29 is 14.0 Å². The van der Waals surface area contributed by atoms with Gasteiger partial charge >= 0.3 is 0 Å². The number of hydrogen-bond acceptors (Lipinski definition) is 3. The minimum absolute atomic E-state index is 0.218. The number of primary amides is 1. The van der Waals surface area contributed by atoms with Crippen LogP contribution in [0.25, 0.3) is 0 Å². The molecule has 2 amide bonds. The highest BCUT2D eigenvalue weighted by Gasteiger charge is 2.33. The molecule has 1 aromatic carbocycles. The molecular weight excluding hydrogens is 261 g/mol. The van der Waals surface area contributed by atoms with Crippen molar-refractivity contribution in [1.29, 1.82) is 0 Å². The molecule has 0 aliphatic heterocycles. The standard InChI is InChI=1S/C14H20FN3O2/c1-3-14(4-2,8-16)13(20)18-9-5-6-11(15)10(7-9)12(17)19/h5-7H,3-4,8,16H2,1-2H3,(H2,17,19)(H,18,20). The summed E-state index contributed by atoms with van der Waals surface area (Å²) in [7, 11) is 0. The van der Waals surface area contributed by atoms with E-state index in [2.05, 4.69) is 5.32 Å². The molecule has 1 rings (SSSR count). The molecule has 0 fully saturated rings. The normalized spacial score (nSPS) is 11.2. The molecule has 0 saturated carbocycles. The van der Waals surface area contributed by atoms with Crippen LogP contribution < -0.4 is 16.8 Å². The van der Waals surface area contributed by atoms with Crippen LogP contribution in [-0.4, -0.2) is 18.4 Å². The maximum atomic E-state index is 13.4. The van der Waals surface area contributed by atoms with Gasteiger partial charge in [0, 0.05) is 12.2 Å². The first-order valence-electron chi connectivity index (χ1n) is 6.51. The van der Waals surface area contributed by atoms with Crippen molar-refractivity contribution in [2.24, 2.45) is 16.9 Å². The zero-order valence-corrected chi connectivity index (χ0v) is 11.7. The Morgan fingerprint density at radius 3 is 2.35 bits per heavy atom. The van der Waals surface area contributed by atoms with E-state index >= 15 is 0 Å². The zero-order chi connectivity index (χ0) is 15.3. The zero-order valence-electron chi connectivity index (χ0n) is 11.7. The highest BCUT2D eigenvalue weighted by atomic mass is 19.1. The van der Waals surface area contributed by atoms with Crippen molar-refractivity contribution in [1.82, 2.24) is 0 Å². The van der Waals surface area contributed by atoms with Gasteiger partial charge < -0.3 is 16.8 Å². The van der Waals surface area contributed by atoms with Crippen LogP contribution in [0, 0.1) is 11.2 Å². The summed E-state index contributed by atoms with van der Waals surface area (Å²) in [4.78, 5) is 23.4. The van der Waals surface area contributed by atoms with E-state index in [4.69, 9.17) is 11.5 Å². The molecule has 0 aliphatic carbocycles. The van der Waals surface area contributed by atoms with Crippen LogP contribution in [0.5, 0.6) is 0 Å². The molecule has 0 aromatic heterocycles. The number of nitrogens with one attached hydrogen (secondary N) is 1. The number of rotatable bonds is 6. The van der Waals surface area contributed by atoms with E-state index in [1.165, 1.54) is 12.1 Å². The van der Waals surface area contributed by atoms with E-state index in [1.54, 1.807) is 0 Å². The van der Waals surface area contributed by atoms with Crippen molar-refractivity contribution in [3.8, 4) is 0 Å². The first-order valence-corrected chi connectivity index (χ1v) is 6.51. The number of hydrogen-bond donors (Lipinski definition) is 3. The van der Waals surface area contributed by atoms with Crippen molar-refractivity contribution in [2.45, 2.75) is 26.7 Å². The van der Waals surface area contributed by atoms with Gasteiger partial charge in [-0.25, -0.2) is 4.39 Å². The van der Waals surface area contributed by atoms with Crippen LogP contribution in [0.4, 0.5) is 10.1 Å². The molecule has 0 bridgehead atoms. The molecule has 0 aliphatic rings. The molecule has 0 spiro atoms. The fourth-order valence-electron chi connectivity index (χ4n) is 2.01. The van der Waals surface area contributed by atoms with Crippen LogP contribution >= 0.6 is 0 Å². The quantitative estimate of drug-likeness (QED) is 0.739. The average Bonchev–Trinajstić information content (AvgIpc) is 2.43. The van der Waals surface area contributed by atoms with Gasteiger partial charge in [-0.2, -0.15) is 0 Å². The summed E-state index contributed by atoms with van der Waals surface area (Å²) in [5.41, 5.74) is 10.2. The van der Waals surface area contributed by atoms with E-state index in [0.717, 1.165) is 6.07 Å². The van der Waals surface area contributed by atoms with Gasteiger partial charge in [0.15, 0.2) is 0 Å². The lowest BCUT2D eigenvalue weighted by Crippen LogP contribution is -2.41. The molecule has 0 heterocycles. The van der Waals surface area contributed by atoms with Gasteiger partial charge in [-0.15, -0.1) is 0 Å². The lowest BCUT2D eigenvalue weighted by Gasteiger charge is -2.28. The van der Waals surface area contributed by atoms with E-state index in [-0.39, 0.29) is 18.0 Å². The second-order valence-corrected chi connectivity index (χ2v) is 4.70. The minimum Gasteiger partial charge on any atom is -0.366 e. The van der Waals surface area contributed by atoms with Gasteiger partial charge in [0.25, 0.3) is 5.91 Å². The second-order valence-electron chi connectivity index (χ2n) is 4.70. The van der Waals surface area contributed by atoms with Gasteiger partial charge in [-0.1, -0.05) is 13.8 Å². The van der Waals surface area contributed by atoms with Gasteiger partial charge in [0.05, 0.1) is 11.0 Å². The van der Waals surface area contributed by atoms with Gasteiger partial charge in [-0.3, -0.25) is 9.59 Å². The summed E-state index contributed by atoms with van der Waals surface area (Å²) in [6.07, 6.45) is 1.19. The molecule has 0 atom stereocenters. The van der Waals surface area contributed by atoms with Crippen LogP contribution in [0.15, 0.2) is 18.2 Å². The predicted octanol–water partition coefficient (Wildman–Crippen LogP) is 1.63. The van der Waals surface area contributed by atoms with Crippen molar-refractivity contribution in [2.75, 3.05) is 11.9 Å². The molecular formula is C14H20FN3O2.